The SMILES string of the molecule is N#Cc1ccc(S(=O)(=O)Nc2ccc(I)cn2)s1. The Morgan fingerprint density at radius 1 is 1.33 bits per heavy atom. The standard InChI is InChI=1S/C10H6IN3O2S2/c11-7-1-3-9(13-6-7)14-18(15,16)10-4-2-8(5-12)17-10/h1-4,6H,(H,13,14). The highest BCUT2D eigenvalue weighted by Gasteiger charge is 2.17. The van der Waals surface area contributed by atoms with Gasteiger partial charge >= 0.3 is 0 Å². The van der Waals surface area contributed by atoms with Crippen LogP contribution in [0.4, 0.5) is 5.82 Å². The Labute approximate surface area is 122 Å². The Kier molecular flexibility index (Phi) is 3.84. The van der Waals surface area contributed by atoms with Gasteiger partial charge in [-0.3, -0.25) is 4.72 Å². The fourth-order valence-electron chi connectivity index (χ4n) is 1.15. The van der Waals surface area contributed by atoms with E-state index in [1.807, 2.05) is 6.07 Å². The van der Waals surface area contributed by atoms with Gasteiger partial charge in [0, 0.05) is 9.77 Å². The van der Waals surface area contributed by atoms with Crippen molar-refractivity contribution in [2.75, 3.05) is 4.72 Å². The number of nitriles is 1. The van der Waals surface area contributed by atoms with Crippen LogP contribution in [-0.2, 0) is 10.0 Å². The van der Waals surface area contributed by atoms with Crippen LogP contribution in [0, 0.1) is 14.9 Å². The molecule has 0 aliphatic rings. The molecule has 2 rings (SSSR count). The molecule has 0 spiro atoms. The van der Waals surface area contributed by atoms with E-state index in [4.69, 9.17) is 5.26 Å². The first-order chi connectivity index (χ1) is 8.51. The lowest BCUT2D eigenvalue weighted by Crippen LogP contribution is -2.12. The predicted octanol–water partition coefficient (Wildman–Crippen LogP) is 2.42. The molecule has 0 aliphatic heterocycles. The van der Waals surface area contributed by atoms with Crippen molar-refractivity contribution in [1.29, 1.82) is 5.26 Å². The number of anilines is 1. The summed E-state index contributed by atoms with van der Waals surface area (Å²) in [5, 5.41) is 8.67. The van der Waals surface area contributed by atoms with Gasteiger partial charge in [0.15, 0.2) is 0 Å². The molecule has 2 aromatic heterocycles. The summed E-state index contributed by atoms with van der Waals surface area (Å²) in [7, 11) is -3.66. The van der Waals surface area contributed by atoms with Crippen molar-refractivity contribution in [3.05, 3.63) is 38.9 Å². The minimum Gasteiger partial charge on any atom is -0.263 e. The molecule has 18 heavy (non-hydrogen) atoms. The molecule has 0 radical (unpaired) electrons. The van der Waals surface area contributed by atoms with Crippen LogP contribution >= 0.6 is 33.9 Å². The normalized spacial score (nSPS) is 10.9. The van der Waals surface area contributed by atoms with Gasteiger partial charge in [-0.2, -0.15) is 5.26 Å². The number of thiophene rings is 1. The Morgan fingerprint density at radius 3 is 2.67 bits per heavy atom. The zero-order chi connectivity index (χ0) is 13.2. The number of nitrogens with one attached hydrogen (secondary N) is 1. The van der Waals surface area contributed by atoms with Crippen LogP contribution in [-0.4, -0.2) is 13.4 Å². The van der Waals surface area contributed by atoms with Gasteiger partial charge in [0.05, 0.1) is 0 Å². The van der Waals surface area contributed by atoms with Gasteiger partial charge in [-0.1, -0.05) is 0 Å². The fraction of sp³-hybridized carbons (Fsp3) is 0. The summed E-state index contributed by atoms with van der Waals surface area (Å²) in [5.41, 5.74) is 0. The molecule has 2 heterocycles. The third kappa shape index (κ3) is 2.98. The van der Waals surface area contributed by atoms with Crippen molar-refractivity contribution in [1.82, 2.24) is 4.98 Å². The molecular weight excluding hydrogens is 385 g/mol. The Balaban J connectivity index is 2.27. The molecule has 0 aliphatic carbocycles. The van der Waals surface area contributed by atoms with Gasteiger partial charge in [0.1, 0.15) is 21.0 Å². The minimum atomic E-state index is -3.66. The summed E-state index contributed by atoms with van der Waals surface area (Å²) in [6.07, 6.45) is 1.56. The monoisotopic (exact) mass is 391 g/mol. The van der Waals surface area contributed by atoms with E-state index >= 15 is 0 Å². The molecule has 0 atom stereocenters. The minimum absolute atomic E-state index is 0.0967. The smallest absolute Gasteiger partial charge is 0.263 e. The molecule has 0 fully saturated rings. The molecule has 0 saturated carbocycles. The molecule has 2 aromatic rings. The van der Waals surface area contributed by atoms with E-state index in [-0.39, 0.29) is 10.0 Å². The topological polar surface area (TPSA) is 82.8 Å². The van der Waals surface area contributed by atoms with Gasteiger partial charge < -0.3 is 0 Å². The first kappa shape index (κ1) is 13.3. The van der Waals surface area contributed by atoms with E-state index in [2.05, 4.69) is 32.3 Å². The zero-order valence-electron chi connectivity index (χ0n) is 8.79. The highest BCUT2D eigenvalue weighted by atomic mass is 127. The third-order valence-corrected chi connectivity index (χ3v) is 5.40. The average Bonchev–Trinajstić information content (AvgIpc) is 2.81. The third-order valence-electron chi connectivity index (χ3n) is 1.92. The van der Waals surface area contributed by atoms with E-state index in [1.165, 1.54) is 12.1 Å². The summed E-state index contributed by atoms with van der Waals surface area (Å²) < 4.78 is 27.3. The van der Waals surface area contributed by atoms with Gasteiger partial charge in [0.25, 0.3) is 10.0 Å². The zero-order valence-corrected chi connectivity index (χ0v) is 12.6. The van der Waals surface area contributed by atoms with Crippen molar-refractivity contribution in [2.45, 2.75) is 4.21 Å². The van der Waals surface area contributed by atoms with Crippen LogP contribution in [0.2, 0.25) is 0 Å². The fourth-order valence-corrected chi connectivity index (χ4v) is 3.58. The Bertz CT molecular complexity index is 701. The molecule has 92 valence electrons. The Hall–Kier alpha value is -1.18. The van der Waals surface area contributed by atoms with Crippen molar-refractivity contribution < 1.29 is 8.42 Å². The number of halogens is 1. The van der Waals surface area contributed by atoms with E-state index in [1.54, 1.807) is 18.3 Å². The summed E-state index contributed by atoms with van der Waals surface area (Å²) in [5.74, 6) is 0.252. The van der Waals surface area contributed by atoms with Gasteiger partial charge in [-0.25, -0.2) is 13.4 Å². The summed E-state index contributed by atoms with van der Waals surface area (Å²) >= 11 is 3.00. The number of hydrogen-bond acceptors (Lipinski definition) is 5. The average molecular weight is 391 g/mol. The van der Waals surface area contributed by atoms with E-state index in [9.17, 15) is 8.42 Å². The maximum Gasteiger partial charge on any atom is 0.272 e. The Morgan fingerprint density at radius 2 is 2.11 bits per heavy atom. The second-order valence-corrected chi connectivity index (χ2v) is 7.44. The van der Waals surface area contributed by atoms with Crippen molar-refractivity contribution in [2.24, 2.45) is 0 Å². The molecular formula is C10H6IN3O2S2. The second kappa shape index (κ2) is 5.21. The van der Waals surface area contributed by atoms with E-state index in [0.29, 0.717) is 4.88 Å². The number of aromatic nitrogens is 1. The number of rotatable bonds is 3. The van der Waals surface area contributed by atoms with Gasteiger partial charge in [0.2, 0.25) is 0 Å². The highest BCUT2D eigenvalue weighted by Crippen LogP contribution is 2.22. The molecule has 0 amide bonds. The lowest BCUT2D eigenvalue weighted by atomic mass is 10.5. The van der Waals surface area contributed by atoms with Crippen molar-refractivity contribution in [3.63, 3.8) is 0 Å². The number of nitrogens with zero attached hydrogens (tertiary/aromatic N) is 2. The van der Waals surface area contributed by atoms with Crippen LogP contribution < -0.4 is 4.72 Å². The first-order valence-electron chi connectivity index (χ1n) is 4.65. The highest BCUT2D eigenvalue weighted by molar-refractivity contribution is 14.1. The van der Waals surface area contributed by atoms with Crippen LogP contribution in [0.25, 0.3) is 0 Å². The predicted molar refractivity (Wildman–Crippen MR) is 76.8 cm³/mol. The summed E-state index contributed by atoms with van der Waals surface area (Å²) in [6.45, 7) is 0. The lowest BCUT2D eigenvalue weighted by molar-refractivity contribution is 0.603. The second-order valence-electron chi connectivity index (χ2n) is 3.20. The molecule has 8 heteroatoms. The molecule has 0 saturated heterocycles. The van der Waals surface area contributed by atoms with Crippen molar-refractivity contribution in [3.8, 4) is 6.07 Å². The lowest BCUT2D eigenvalue weighted by Gasteiger charge is -2.04. The van der Waals surface area contributed by atoms with E-state index in [0.717, 1.165) is 14.9 Å². The molecule has 5 nitrogen and oxygen atoms in total. The van der Waals surface area contributed by atoms with Gasteiger partial charge in [-0.15, -0.1) is 11.3 Å². The molecule has 0 aromatic carbocycles. The van der Waals surface area contributed by atoms with Crippen LogP contribution in [0.3, 0.4) is 0 Å². The largest absolute Gasteiger partial charge is 0.272 e. The van der Waals surface area contributed by atoms with Crippen molar-refractivity contribution >= 4 is 49.8 Å². The summed E-state index contributed by atoms with van der Waals surface area (Å²) in [6, 6.07) is 8.11. The summed E-state index contributed by atoms with van der Waals surface area (Å²) in [4.78, 5) is 4.31. The molecule has 1 N–H and O–H groups in total. The quantitative estimate of drug-likeness (QED) is 0.815. The van der Waals surface area contributed by atoms with Crippen LogP contribution in [0.5, 0.6) is 0 Å². The number of hydrogen-bond donors (Lipinski definition) is 1. The molecule has 0 bridgehead atoms. The van der Waals surface area contributed by atoms with Gasteiger partial charge in [-0.05, 0) is 46.9 Å². The number of sulfonamides is 1. The van der Waals surface area contributed by atoms with Crippen LogP contribution in [0.15, 0.2) is 34.7 Å². The van der Waals surface area contributed by atoms with E-state index < -0.39 is 10.0 Å². The first-order valence-corrected chi connectivity index (χ1v) is 8.03. The maximum absolute atomic E-state index is 12.0. The number of pyridine rings is 1. The maximum atomic E-state index is 12.0. The molecule has 0 unspecified atom stereocenters. The van der Waals surface area contributed by atoms with Crippen LogP contribution in [0.1, 0.15) is 4.88 Å².